The lowest BCUT2D eigenvalue weighted by Crippen LogP contribution is -2.54. The van der Waals surface area contributed by atoms with Gasteiger partial charge in [0.2, 0.25) is 0 Å². The van der Waals surface area contributed by atoms with E-state index in [9.17, 15) is 14.4 Å². The van der Waals surface area contributed by atoms with Crippen molar-refractivity contribution in [1.29, 1.82) is 0 Å². The SMILES string of the molecule is COc1cccc(N(c2ccc(Br)cc2)C(C)(C)N2CCCC2)c1.O=C(O)CC(O)(CC(=O)O)C(=O)O. The molecule has 0 unspecified atom stereocenters. The van der Waals surface area contributed by atoms with Crippen LogP contribution in [0.3, 0.4) is 0 Å². The number of aliphatic carboxylic acids is 3. The molecule has 0 atom stereocenters. The Morgan fingerprint density at radius 1 is 0.946 bits per heavy atom. The molecule has 2 aromatic rings. The molecule has 1 aliphatic heterocycles. The van der Waals surface area contributed by atoms with Crippen LogP contribution in [-0.2, 0) is 14.4 Å². The molecule has 0 aromatic heterocycles. The summed E-state index contributed by atoms with van der Waals surface area (Å²) in [4.78, 5) is 35.5. The molecule has 0 aliphatic carbocycles. The van der Waals surface area contributed by atoms with Crippen LogP contribution in [0.5, 0.6) is 5.75 Å². The monoisotopic (exact) mass is 580 g/mol. The van der Waals surface area contributed by atoms with Crippen molar-refractivity contribution in [3.05, 3.63) is 53.0 Å². The molecule has 0 saturated carbocycles. The Labute approximate surface area is 224 Å². The number of carbonyl (C=O) groups is 3. The number of halogens is 1. The van der Waals surface area contributed by atoms with Crippen LogP contribution in [0.1, 0.15) is 39.5 Å². The number of hydrogen-bond acceptors (Lipinski definition) is 7. The highest BCUT2D eigenvalue weighted by Crippen LogP contribution is 2.38. The largest absolute Gasteiger partial charge is 0.497 e. The first-order valence-electron chi connectivity index (χ1n) is 11.6. The lowest BCUT2D eigenvalue weighted by molar-refractivity contribution is -0.170. The standard InChI is InChI=1S/C20H25BrN2O.C6H8O7/c1-20(2,22-13-4-5-14-22)23(17-11-9-16(21)10-12-17)18-7-6-8-19(15-18)24-3;7-3(8)1-6(13,5(11)12)2-4(9)10/h6-12,15H,4-5,13-14H2,1-3H3;13H,1-2H2,(H,7,8)(H,9,10)(H,11,12). The fourth-order valence-corrected chi connectivity index (χ4v) is 4.50. The number of nitrogens with zero attached hydrogens (tertiary/aromatic N) is 2. The van der Waals surface area contributed by atoms with Crippen LogP contribution in [0, 0.1) is 0 Å². The summed E-state index contributed by atoms with van der Waals surface area (Å²) in [5, 5.41) is 33.8. The van der Waals surface area contributed by atoms with E-state index in [2.05, 4.69) is 82.0 Å². The van der Waals surface area contributed by atoms with Crippen molar-refractivity contribution in [3.63, 3.8) is 0 Å². The van der Waals surface area contributed by atoms with Gasteiger partial charge in [-0.15, -0.1) is 0 Å². The molecule has 202 valence electrons. The van der Waals surface area contributed by atoms with Crippen molar-refractivity contribution in [2.45, 2.75) is 50.8 Å². The fraction of sp³-hybridized carbons (Fsp3) is 0.423. The van der Waals surface area contributed by atoms with Crippen molar-refractivity contribution in [3.8, 4) is 5.75 Å². The third kappa shape index (κ3) is 8.17. The fourth-order valence-electron chi connectivity index (χ4n) is 4.24. The number of ether oxygens (including phenoxy) is 1. The molecule has 10 nitrogen and oxygen atoms in total. The Kier molecular flexibility index (Phi) is 10.5. The zero-order valence-corrected chi connectivity index (χ0v) is 22.6. The van der Waals surface area contributed by atoms with Crippen molar-refractivity contribution < 1.29 is 39.5 Å². The number of methoxy groups -OCH3 is 1. The number of likely N-dealkylation sites (tertiary alicyclic amines) is 1. The molecule has 0 radical (unpaired) electrons. The third-order valence-electron chi connectivity index (χ3n) is 6.11. The van der Waals surface area contributed by atoms with Crippen LogP contribution in [0.2, 0.25) is 0 Å². The van der Waals surface area contributed by atoms with Gasteiger partial charge in [-0.25, -0.2) is 4.79 Å². The molecule has 0 spiro atoms. The summed E-state index contributed by atoms with van der Waals surface area (Å²) >= 11 is 3.54. The molecule has 37 heavy (non-hydrogen) atoms. The summed E-state index contributed by atoms with van der Waals surface area (Å²) in [6.45, 7) is 6.90. The van der Waals surface area contributed by atoms with E-state index in [1.165, 1.54) is 18.5 Å². The Morgan fingerprint density at radius 3 is 1.95 bits per heavy atom. The molecule has 1 fully saturated rings. The minimum Gasteiger partial charge on any atom is -0.497 e. The average Bonchev–Trinajstić information content (AvgIpc) is 3.36. The Hall–Kier alpha value is -3.15. The molecular formula is C26H33BrN2O8. The lowest BCUT2D eigenvalue weighted by atomic mass is 9.96. The van der Waals surface area contributed by atoms with Crippen molar-refractivity contribution in [1.82, 2.24) is 4.90 Å². The normalized spacial score (nSPS) is 13.9. The average molecular weight is 581 g/mol. The van der Waals surface area contributed by atoms with Gasteiger partial charge in [0.05, 0.1) is 25.6 Å². The van der Waals surface area contributed by atoms with E-state index < -0.39 is 36.4 Å². The molecule has 3 rings (SSSR count). The van der Waals surface area contributed by atoms with Crippen LogP contribution >= 0.6 is 15.9 Å². The molecule has 2 aromatic carbocycles. The van der Waals surface area contributed by atoms with E-state index in [0.29, 0.717) is 0 Å². The number of rotatable bonds is 10. The van der Waals surface area contributed by atoms with Crippen LogP contribution in [0.15, 0.2) is 53.0 Å². The highest BCUT2D eigenvalue weighted by Gasteiger charge is 2.41. The summed E-state index contributed by atoms with van der Waals surface area (Å²) in [5.74, 6) is -4.14. The minimum absolute atomic E-state index is 0.114. The third-order valence-corrected chi connectivity index (χ3v) is 6.64. The quantitative estimate of drug-likeness (QED) is 0.322. The second-order valence-electron chi connectivity index (χ2n) is 9.18. The molecule has 1 aliphatic rings. The van der Waals surface area contributed by atoms with E-state index in [-0.39, 0.29) is 5.66 Å². The summed E-state index contributed by atoms with van der Waals surface area (Å²) in [7, 11) is 1.72. The van der Waals surface area contributed by atoms with Crippen LogP contribution in [0.25, 0.3) is 0 Å². The van der Waals surface area contributed by atoms with Gasteiger partial charge in [-0.05, 0) is 63.1 Å². The van der Waals surface area contributed by atoms with Gasteiger partial charge in [-0.2, -0.15) is 0 Å². The van der Waals surface area contributed by atoms with Gasteiger partial charge >= 0.3 is 17.9 Å². The zero-order valence-electron chi connectivity index (χ0n) is 21.1. The molecule has 0 bridgehead atoms. The van der Waals surface area contributed by atoms with Crippen LogP contribution < -0.4 is 9.64 Å². The van der Waals surface area contributed by atoms with Crippen molar-refractivity contribution >= 4 is 45.2 Å². The van der Waals surface area contributed by atoms with Gasteiger partial charge in [0.25, 0.3) is 0 Å². The number of benzene rings is 2. The lowest BCUT2D eigenvalue weighted by Gasteiger charge is -2.46. The number of anilines is 2. The van der Waals surface area contributed by atoms with Gasteiger partial charge in [-0.1, -0.05) is 22.0 Å². The maximum atomic E-state index is 10.3. The number of carboxylic acids is 3. The summed E-state index contributed by atoms with van der Waals surface area (Å²) in [6.07, 6.45) is 0.259. The first-order chi connectivity index (χ1) is 17.3. The predicted octanol–water partition coefficient (Wildman–Crippen LogP) is 4.18. The minimum atomic E-state index is -2.74. The highest BCUT2D eigenvalue weighted by molar-refractivity contribution is 9.10. The van der Waals surface area contributed by atoms with Crippen LogP contribution in [0.4, 0.5) is 11.4 Å². The predicted molar refractivity (Wildman–Crippen MR) is 141 cm³/mol. The van der Waals surface area contributed by atoms with Gasteiger partial charge in [0.15, 0.2) is 5.60 Å². The van der Waals surface area contributed by atoms with E-state index in [1.54, 1.807) is 7.11 Å². The topological polar surface area (TPSA) is 148 Å². The molecule has 11 heteroatoms. The smallest absolute Gasteiger partial charge is 0.336 e. The van der Waals surface area contributed by atoms with E-state index in [4.69, 9.17) is 25.2 Å². The van der Waals surface area contributed by atoms with Gasteiger partial charge in [0, 0.05) is 35.0 Å². The number of carboxylic acid groups (broad SMARTS) is 3. The van der Waals surface area contributed by atoms with E-state index in [1.807, 2.05) is 6.07 Å². The maximum Gasteiger partial charge on any atom is 0.336 e. The Bertz CT molecular complexity index is 1070. The van der Waals surface area contributed by atoms with E-state index >= 15 is 0 Å². The second-order valence-corrected chi connectivity index (χ2v) is 10.1. The van der Waals surface area contributed by atoms with Crippen molar-refractivity contribution in [2.24, 2.45) is 0 Å². The van der Waals surface area contributed by atoms with E-state index in [0.717, 1.165) is 29.0 Å². The van der Waals surface area contributed by atoms with Gasteiger partial charge in [0.1, 0.15) is 5.75 Å². The molecule has 1 saturated heterocycles. The maximum absolute atomic E-state index is 10.3. The van der Waals surface area contributed by atoms with Crippen molar-refractivity contribution in [2.75, 3.05) is 25.1 Å². The van der Waals surface area contributed by atoms with Gasteiger partial charge < -0.3 is 30.1 Å². The number of aliphatic hydroxyl groups is 1. The summed E-state index contributed by atoms with van der Waals surface area (Å²) in [6, 6.07) is 16.8. The molecular weight excluding hydrogens is 548 g/mol. The van der Waals surface area contributed by atoms with Crippen LogP contribution in [-0.4, -0.2) is 74.7 Å². The van der Waals surface area contributed by atoms with Gasteiger partial charge in [-0.3, -0.25) is 14.5 Å². The molecule has 1 heterocycles. The number of hydrogen-bond donors (Lipinski definition) is 4. The highest BCUT2D eigenvalue weighted by atomic mass is 79.9. The first-order valence-corrected chi connectivity index (χ1v) is 12.4. The second kappa shape index (κ2) is 12.9. The first kappa shape index (κ1) is 30.1. The Balaban J connectivity index is 0.000000317. The molecule has 4 N–H and O–H groups in total. The zero-order chi connectivity index (χ0) is 27.8. The summed E-state index contributed by atoms with van der Waals surface area (Å²) < 4.78 is 6.54. The molecule has 0 amide bonds. The summed E-state index contributed by atoms with van der Waals surface area (Å²) in [5.41, 5.74) is -0.522. The Morgan fingerprint density at radius 2 is 1.49 bits per heavy atom.